The van der Waals surface area contributed by atoms with E-state index in [1.165, 1.54) is 19.4 Å². The highest BCUT2D eigenvalue weighted by atomic mass is 79.9. The summed E-state index contributed by atoms with van der Waals surface area (Å²) in [6.07, 6.45) is 1.43. The van der Waals surface area contributed by atoms with Crippen molar-refractivity contribution in [2.24, 2.45) is 10.2 Å². The summed E-state index contributed by atoms with van der Waals surface area (Å²) >= 11 is 15.3. The van der Waals surface area contributed by atoms with Crippen molar-refractivity contribution in [3.63, 3.8) is 0 Å². The zero-order valence-electron chi connectivity index (χ0n) is 12.7. The van der Waals surface area contributed by atoms with Crippen molar-refractivity contribution in [1.82, 2.24) is 0 Å². The fraction of sp³-hybridized carbons (Fsp3) is 0.0625. The molecule has 0 bridgehead atoms. The number of phenolic OH excluding ortho intramolecular Hbond substituents is 1. The maximum atomic E-state index is 12.1. The second-order valence-corrected chi connectivity index (χ2v) is 6.71. The minimum atomic E-state index is -0.416. The number of carbonyl (C=O) groups excluding carboxylic acids is 1. The molecule has 0 fully saturated rings. The minimum absolute atomic E-state index is 0.0145. The molecule has 6 nitrogen and oxygen atoms in total. The summed E-state index contributed by atoms with van der Waals surface area (Å²) in [5.41, 5.74) is 1.68. The van der Waals surface area contributed by atoms with Gasteiger partial charge in [0.15, 0.2) is 17.2 Å². The molecule has 1 amide bonds. The van der Waals surface area contributed by atoms with Gasteiger partial charge in [0, 0.05) is 10.6 Å². The molecule has 2 N–H and O–H groups in total. The van der Waals surface area contributed by atoms with Crippen LogP contribution in [-0.4, -0.2) is 30.0 Å². The molecule has 2 aromatic carbocycles. The Hall–Kier alpha value is -2.09. The van der Waals surface area contributed by atoms with Crippen LogP contribution in [0.1, 0.15) is 11.1 Å². The Balaban J connectivity index is 1.95. The van der Waals surface area contributed by atoms with E-state index in [2.05, 4.69) is 31.4 Å². The third-order valence-electron chi connectivity index (χ3n) is 3.40. The molecule has 3 rings (SSSR count). The molecule has 128 valence electrons. The summed E-state index contributed by atoms with van der Waals surface area (Å²) in [6, 6.07) is 6.35. The van der Waals surface area contributed by atoms with Crippen LogP contribution in [0, 0.1) is 0 Å². The molecule has 0 atom stereocenters. The zero-order chi connectivity index (χ0) is 18.1. The predicted molar refractivity (Wildman–Crippen MR) is 102 cm³/mol. The molecular formula is C16H10BrCl2N3O3. The number of amides is 1. The quantitative estimate of drug-likeness (QED) is 0.550. The number of anilines is 1. The van der Waals surface area contributed by atoms with Crippen LogP contribution in [0.25, 0.3) is 0 Å². The highest BCUT2D eigenvalue weighted by Gasteiger charge is 2.28. The lowest BCUT2D eigenvalue weighted by atomic mass is 10.1. The third-order valence-corrected chi connectivity index (χ3v) is 4.52. The van der Waals surface area contributed by atoms with E-state index >= 15 is 0 Å². The average Bonchev–Trinajstić information content (AvgIpc) is 2.87. The number of hydrogen-bond acceptors (Lipinski definition) is 5. The molecule has 0 aromatic heterocycles. The van der Waals surface area contributed by atoms with Gasteiger partial charge in [-0.3, -0.25) is 4.79 Å². The number of hydrogen-bond donors (Lipinski definition) is 2. The molecular weight excluding hydrogens is 433 g/mol. The van der Waals surface area contributed by atoms with Crippen LogP contribution >= 0.6 is 39.1 Å². The maximum absolute atomic E-state index is 12.1. The standard InChI is InChI=1S/C16H10BrCl2N3O3/c1-25-12-3-7(2-10(17)15(12)23)6-20-22-14-9-4-8(18)5-11(19)13(9)21-16(14)24/h2-6,23H,1H3,(H,21,22,24)/b20-6+. The lowest BCUT2D eigenvalue weighted by Crippen LogP contribution is -2.13. The number of phenols is 1. The number of nitrogens with zero attached hydrogens (tertiary/aromatic N) is 2. The summed E-state index contributed by atoms with van der Waals surface area (Å²) in [5.74, 6) is -0.147. The second kappa shape index (κ2) is 7.03. The number of nitrogens with one attached hydrogen (secondary N) is 1. The second-order valence-electron chi connectivity index (χ2n) is 5.01. The lowest BCUT2D eigenvalue weighted by molar-refractivity contribution is -0.110. The SMILES string of the molecule is COc1cc(/C=N/N=C2\C(=O)Nc3c(Cl)cc(Cl)cc32)cc(Br)c1O. The van der Waals surface area contributed by atoms with Gasteiger partial charge in [-0.1, -0.05) is 23.2 Å². The third kappa shape index (κ3) is 3.49. The van der Waals surface area contributed by atoms with E-state index in [0.29, 0.717) is 31.3 Å². The van der Waals surface area contributed by atoms with Crippen LogP contribution in [0.5, 0.6) is 11.5 Å². The van der Waals surface area contributed by atoms with Gasteiger partial charge in [0.2, 0.25) is 0 Å². The Kier molecular flexibility index (Phi) is 4.99. The van der Waals surface area contributed by atoms with Gasteiger partial charge in [0.25, 0.3) is 5.91 Å². The van der Waals surface area contributed by atoms with Gasteiger partial charge in [0.1, 0.15) is 0 Å². The van der Waals surface area contributed by atoms with Crippen molar-refractivity contribution in [2.75, 3.05) is 12.4 Å². The van der Waals surface area contributed by atoms with Gasteiger partial charge in [-0.15, -0.1) is 5.10 Å². The number of ether oxygens (including phenoxy) is 1. The number of fused-ring (bicyclic) bond motifs is 1. The molecule has 0 saturated heterocycles. The van der Waals surface area contributed by atoms with Crippen LogP contribution in [0.15, 0.2) is 38.9 Å². The Morgan fingerprint density at radius 1 is 1.28 bits per heavy atom. The number of halogens is 3. The molecule has 2 aromatic rings. The zero-order valence-corrected chi connectivity index (χ0v) is 15.8. The Morgan fingerprint density at radius 3 is 2.76 bits per heavy atom. The number of benzene rings is 2. The first-order valence-corrected chi connectivity index (χ1v) is 8.44. The van der Waals surface area contributed by atoms with Gasteiger partial charge in [0.05, 0.1) is 28.5 Å². The molecule has 0 saturated carbocycles. The van der Waals surface area contributed by atoms with E-state index < -0.39 is 5.91 Å². The van der Waals surface area contributed by atoms with E-state index in [0.717, 1.165) is 0 Å². The molecule has 0 aliphatic carbocycles. The monoisotopic (exact) mass is 441 g/mol. The number of aromatic hydroxyl groups is 1. The summed E-state index contributed by atoms with van der Waals surface area (Å²) in [7, 11) is 1.44. The largest absolute Gasteiger partial charge is 0.503 e. The van der Waals surface area contributed by atoms with E-state index in [1.54, 1.807) is 18.2 Å². The number of rotatable bonds is 3. The molecule has 0 radical (unpaired) electrons. The summed E-state index contributed by atoms with van der Waals surface area (Å²) in [4.78, 5) is 12.1. The normalized spacial score (nSPS) is 14.9. The predicted octanol–water partition coefficient (Wildman–Crippen LogP) is 4.25. The lowest BCUT2D eigenvalue weighted by Gasteiger charge is -2.05. The molecule has 0 unspecified atom stereocenters. The van der Waals surface area contributed by atoms with Crippen molar-refractivity contribution < 1.29 is 14.6 Å². The summed E-state index contributed by atoms with van der Waals surface area (Å²) in [5, 5.41) is 21.1. The fourth-order valence-corrected chi connectivity index (χ4v) is 3.26. The molecule has 1 heterocycles. The smallest absolute Gasteiger partial charge is 0.276 e. The average molecular weight is 443 g/mol. The summed E-state index contributed by atoms with van der Waals surface area (Å²) in [6.45, 7) is 0. The molecule has 25 heavy (non-hydrogen) atoms. The number of methoxy groups -OCH3 is 1. The van der Waals surface area contributed by atoms with Crippen LogP contribution in [0.2, 0.25) is 10.0 Å². The van der Waals surface area contributed by atoms with Crippen LogP contribution < -0.4 is 10.1 Å². The molecule has 0 spiro atoms. The van der Waals surface area contributed by atoms with Crippen LogP contribution in [0.4, 0.5) is 5.69 Å². The van der Waals surface area contributed by atoms with Crippen molar-refractivity contribution in [3.8, 4) is 11.5 Å². The maximum Gasteiger partial charge on any atom is 0.276 e. The Bertz CT molecular complexity index is 945. The first-order valence-electron chi connectivity index (χ1n) is 6.89. The molecule has 1 aliphatic rings. The topological polar surface area (TPSA) is 83.3 Å². The van der Waals surface area contributed by atoms with Gasteiger partial charge in [-0.2, -0.15) is 5.10 Å². The molecule has 1 aliphatic heterocycles. The van der Waals surface area contributed by atoms with E-state index in [9.17, 15) is 9.90 Å². The highest BCUT2D eigenvalue weighted by Crippen LogP contribution is 2.35. The van der Waals surface area contributed by atoms with Crippen LogP contribution in [0.3, 0.4) is 0 Å². The fourth-order valence-electron chi connectivity index (χ4n) is 2.26. The Labute approximate surface area is 161 Å². The van der Waals surface area contributed by atoms with E-state index in [4.69, 9.17) is 27.9 Å². The Morgan fingerprint density at radius 2 is 2.04 bits per heavy atom. The molecule has 9 heteroatoms. The van der Waals surface area contributed by atoms with Gasteiger partial charge >= 0.3 is 0 Å². The number of carbonyl (C=O) groups is 1. The van der Waals surface area contributed by atoms with Crippen molar-refractivity contribution in [3.05, 3.63) is 49.9 Å². The van der Waals surface area contributed by atoms with E-state index in [1.807, 2.05) is 0 Å². The van der Waals surface area contributed by atoms with Gasteiger partial charge in [-0.05, 0) is 45.8 Å². The van der Waals surface area contributed by atoms with Crippen molar-refractivity contribution >= 4 is 62.7 Å². The first-order chi connectivity index (χ1) is 11.9. The van der Waals surface area contributed by atoms with E-state index in [-0.39, 0.29) is 17.2 Å². The highest BCUT2D eigenvalue weighted by molar-refractivity contribution is 9.10. The van der Waals surface area contributed by atoms with Gasteiger partial charge < -0.3 is 15.2 Å². The first kappa shape index (κ1) is 17.7. The minimum Gasteiger partial charge on any atom is -0.503 e. The van der Waals surface area contributed by atoms with Crippen LogP contribution in [-0.2, 0) is 4.79 Å². The van der Waals surface area contributed by atoms with Gasteiger partial charge in [-0.25, -0.2) is 0 Å². The summed E-state index contributed by atoms with van der Waals surface area (Å²) < 4.78 is 5.51. The van der Waals surface area contributed by atoms with Crippen molar-refractivity contribution in [2.45, 2.75) is 0 Å². The van der Waals surface area contributed by atoms with Crippen molar-refractivity contribution in [1.29, 1.82) is 0 Å².